The van der Waals surface area contributed by atoms with Gasteiger partial charge < -0.3 is 4.90 Å². The number of halogens is 2. The number of hydrogen-bond acceptors (Lipinski definition) is 3. The van der Waals surface area contributed by atoms with Crippen molar-refractivity contribution in [2.24, 2.45) is 0 Å². The van der Waals surface area contributed by atoms with E-state index < -0.39 is 10.0 Å². The zero-order chi connectivity index (χ0) is 19.4. The van der Waals surface area contributed by atoms with Gasteiger partial charge in [-0.15, -0.1) is 0 Å². The average molecular weight is 427 g/mol. The fourth-order valence-corrected chi connectivity index (χ4v) is 5.21. The lowest BCUT2D eigenvalue weighted by Gasteiger charge is -2.34. The second-order valence-corrected chi connectivity index (χ2v) is 9.01. The molecule has 0 saturated carbocycles. The van der Waals surface area contributed by atoms with E-state index in [0.717, 1.165) is 5.56 Å². The van der Waals surface area contributed by atoms with Crippen LogP contribution >= 0.6 is 23.2 Å². The highest BCUT2D eigenvalue weighted by Crippen LogP contribution is 2.31. The van der Waals surface area contributed by atoms with Crippen LogP contribution in [0, 0.1) is 0 Å². The summed E-state index contributed by atoms with van der Waals surface area (Å²) in [5.41, 5.74) is 1.11. The molecular formula is C19H20Cl2N2O3S. The van der Waals surface area contributed by atoms with Crippen LogP contribution in [0.25, 0.3) is 0 Å². The Kier molecular flexibility index (Phi) is 6.42. The molecule has 1 fully saturated rings. The lowest BCUT2D eigenvalue weighted by atomic mass is 10.1. The predicted molar refractivity (Wildman–Crippen MR) is 107 cm³/mol. The summed E-state index contributed by atoms with van der Waals surface area (Å²) in [6, 6.07) is 14.4. The van der Waals surface area contributed by atoms with Gasteiger partial charge in [0, 0.05) is 32.6 Å². The van der Waals surface area contributed by atoms with Crippen molar-refractivity contribution in [1.82, 2.24) is 9.21 Å². The van der Waals surface area contributed by atoms with Gasteiger partial charge in [-0.25, -0.2) is 8.42 Å². The van der Waals surface area contributed by atoms with E-state index in [2.05, 4.69) is 0 Å². The zero-order valence-electron chi connectivity index (χ0n) is 14.6. The average Bonchev–Trinajstić information content (AvgIpc) is 2.69. The molecule has 0 spiro atoms. The second kappa shape index (κ2) is 8.61. The molecule has 5 nitrogen and oxygen atoms in total. The summed E-state index contributed by atoms with van der Waals surface area (Å²) >= 11 is 12.0. The lowest BCUT2D eigenvalue weighted by Crippen LogP contribution is -2.50. The summed E-state index contributed by atoms with van der Waals surface area (Å²) < 4.78 is 27.0. The molecule has 0 unspecified atom stereocenters. The first-order valence-corrected chi connectivity index (χ1v) is 10.8. The second-order valence-electron chi connectivity index (χ2n) is 6.32. The van der Waals surface area contributed by atoms with E-state index in [1.54, 1.807) is 17.0 Å². The highest BCUT2D eigenvalue weighted by molar-refractivity contribution is 7.89. The molecular weight excluding hydrogens is 407 g/mol. The number of sulfonamides is 1. The van der Waals surface area contributed by atoms with Gasteiger partial charge in [0.15, 0.2) is 0 Å². The molecule has 1 amide bonds. The van der Waals surface area contributed by atoms with E-state index in [1.807, 2.05) is 30.3 Å². The molecule has 0 bridgehead atoms. The zero-order valence-corrected chi connectivity index (χ0v) is 17.0. The Balaban J connectivity index is 1.59. The van der Waals surface area contributed by atoms with Crippen molar-refractivity contribution in [3.8, 4) is 0 Å². The molecule has 2 aromatic rings. The molecule has 1 saturated heterocycles. The van der Waals surface area contributed by atoms with E-state index >= 15 is 0 Å². The highest BCUT2D eigenvalue weighted by Gasteiger charge is 2.31. The maximum atomic E-state index is 12.8. The van der Waals surface area contributed by atoms with Gasteiger partial charge in [0.1, 0.15) is 4.90 Å². The van der Waals surface area contributed by atoms with Crippen LogP contribution in [0.1, 0.15) is 12.0 Å². The van der Waals surface area contributed by atoms with Crippen LogP contribution in [0.2, 0.25) is 10.0 Å². The molecule has 1 heterocycles. The summed E-state index contributed by atoms with van der Waals surface area (Å²) in [6.45, 7) is 1.21. The third kappa shape index (κ3) is 4.63. The number of hydrogen-bond donors (Lipinski definition) is 0. The summed E-state index contributed by atoms with van der Waals surface area (Å²) in [6.07, 6.45) is 1.09. The van der Waals surface area contributed by atoms with Crippen LogP contribution < -0.4 is 0 Å². The predicted octanol–water partition coefficient (Wildman–Crippen LogP) is 3.46. The molecule has 8 heteroatoms. The summed E-state index contributed by atoms with van der Waals surface area (Å²) in [5, 5.41) is 0.230. The Morgan fingerprint density at radius 1 is 0.926 bits per heavy atom. The van der Waals surface area contributed by atoms with Gasteiger partial charge in [-0.1, -0.05) is 59.6 Å². The molecule has 0 aromatic heterocycles. The van der Waals surface area contributed by atoms with E-state index in [0.29, 0.717) is 25.9 Å². The number of benzene rings is 2. The third-order valence-corrected chi connectivity index (χ3v) is 7.47. The minimum absolute atomic E-state index is 0.000482. The van der Waals surface area contributed by atoms with Crippen molar-refractivity contribution >= 4 is 39.1 Å². The third-order valence-electron chi connectivity index (χ3n) is 4.60. The van der Waals surface area contributed by atoms with E-state index in [1.165, 1.54) is 10.4 Å². The fourth-order valence-electron chi connectivity index (χ4n) is 3.05. The Hall–Kier alpha value is -1.60. The summed E-state index contributed by atoms with van der Waals surface area (Å²) in [5.74, 6) is 0.0386. The quantitative estimate of drug-likeness (QED) is 0.735. The molecule has 2 aromatic carbocycles. The normalized spacial score (nSPS) is 15.7. The number of piperazine rings is 1. The molecule has 144 valence electrons. The van der Waals surface area contributed by atoms with Gasteiger partial charge in [-0.3, -0.25) is 4.79 Å². The number of amides is 1. The van der Waals surface area contributed by atoms with Crippen LogP contribution in [-0.2, 0) is 21.2 Å². The largest absolute Gasteiger partial charge is 0.340 e. The number of carbonyl (C=O) groups is 1. The monoisotopic (exact) mass is 426 g/mol. The Morgan fingerprint density at radius 3 is 2.26 bits per heavy atom. The fraction of sp³-hybridized carbons (Fsp3) is 0.316. The van der Waals surface area contributed by atoms with E-state index in [9.17, 15) is 13.2 Å². The number of aryl methyl sites for hydroxylation is 1. The van der Waals surface area contributed by atoms with Crippen LogP contribution in [0.4, 0.5) is 0 Å². The summed E-state index contributed by atoms with van der Waals surface area (Å²) in [7, 11) is -3.74. The molecule has 1 aliphatic heterocycles. The number of carbonyl (C=O) groups excluding carboxylic acids is 1. The standard InChI is InChI=1S/C19H20Cl2N2O3S/c20-16-7-4-8-17(19(16)21)27(25,26)23-13-11-22(12-14-23)18(24)10-9-15-5-2-1-3-6-15/h1-8H,9-14H2. The lowest BCUT2D eigenvalue weighted by molar-refractivity contribution is -0.132. The minimum Gasteiger partial charge on any atom is -0.340 e. The van der Waals surface area contributed by atoms with Crippen molar-refractivity contribution < 1.29 is 13.2 Å². The first-order chi connectivity index (χ1) is 12.9. The minimum atomic E-state index is -3.74. The van der Waals surface area contributed by atoms with Gasteiger partial charge in [-0.2, -0.15) is 4.31 Å². The Bertz CT molecular complexity index is 912. The maximum Gasteiger partial charge on any atom is 0.244 e. The van der Waals surface area contributed by atoms with Crippen molar-refractivity contribution in [1.29, 1.82) is 0 Å². The molecule has 0 aliphatic carbocycles. The number of nitrogens with zero attached hydrogens (tertiary/aromatic N) is 2. The SMILES string of the molecule is O=C(CCc1ccccc1)N1CCN(S(=O)(=O)c2cccc(Cl)c2Cl)CC1. The van der Waals surface area contributed by atoms with Crippen LogP contribution in [0.5, 0.6) is 0 Å². The highest BCUT2D eigenvalue weighted by atomic mass is 35.5. The topological polar surface area (TPSA) is 57.7 Å². The molecule has 0 atom stereocenters. The van der Waals surface area contributed by atoms with Crippen LogP contribution in [0.3, 0.4) is 0 Å². The molecule has 3 rings (SSSR count). The van der Waals surface area contributed by atoms with Crippen molar-refractivity contribution in [2.75, 3.05) is 26.2 Å². The first-order valence-electron chi connectivity index (χ1n) is 8.65. The summed E-state index contributed by atoms with van der Waals surface area (Å²) in [4.78, 5) is 14.1. The number of rotatable bonds is 5. The van der Waals surface area contributed by atoms with Gasteiger partial charge in [-0.05, 0) is 24.1 Å². The van der Waals surface area contributed by atoms with E-state index in [-0.39, 0.29) is 33.9 Å². The van der Waals surface area contributed by atoms with Gasteiger partial charge in [0.2, 0.25) is 15.9 Å². The van der Waals surface area contributed by atoms with Gasteiger partial charge >= 0.3 is 0 Å². The van der Waals surface area contributed by atoms with E-state index in [4.69, 9.17) is 23.2 Å². The smallest absolute Gasteiger partial charge is 0.244 e. The van der Waals surface area contributed by atoms with Crippen molar-refractivity contribution in [3.05, 3.63) is 64.1 Å². The van der Waals surface area contributed by atoms with Crippen molar-refractivity contribution in [3.63, 3.8) is 0 Å². The van der Waals surface area contributed by atoms with Crippen LogP contribution in [-0.4, -0.2) is 49.7 Å². The molecule has 1 aliphatic rings. The molecule has 0 N–H and O–H groups in total. The van der Waals surface area contributed by atoms with Crippen LogP contribution in [0.15, 0.2) is 53.4 Å². The Labute approximate surface area is 169 Å². The molecule has 27 heavy (non-hydrogen) atoms. The van der Waals surface area contributed by atoms with Gasteiger partial charge in [0.05, 0.1) is 10.0 Å². The van der Waals surface area contributed by atoms with Crippen molar-refractivity contribution in [2.45, 2.75) is 17.7 Å². The molecule has 0 radical (unpaired) electrons. The van der Waals surface area contributed by atoms with Gasteiger partial charge in [0.25, 0.3) is 0 Å². The first kappa shape index (κ1) is 20.1. The Morgan fingerprint density at radius 2 is 1.59 bits per heavy atom. The maximum absolute atomic E-state index is 12.8.